The quantitative estimate of drug-likeness (QED) is 0.335. The molecule has 0 aliphatic heterocycles. The summed E-state index contributed by atoms with van der Waals surface area (Å²) >= 11 is 3.48. The normalized spacial score (nSPS) is 23.7. The molecule has 0 aromatic rings. The molecule has 1 saturated carbocycles. The predicted octanol–water partition coefficient (Wildman–Crippen LogP) is 5.95. The molecule has 0 aromatic heterocycles. The van der Waals surface area contributed by atoms with Gasteiger partial charge >= 0.3 is 0 Å². The average Bonchev–Trinajstić information content (AvgIpc) is 2.41. The molecule has 2 atom stereocenters. The van der Waals surface area contributed by atoms with E-state index in [0.29, 0.717) is 0 Å². The van der Waals surface area contributed by atoms with Crippen molar-refractivity contribution in [1.82, 2.24) is 0 Å². The minimum Gasteiger partial charge on any atom is -0.381 e. The summed E-state index contributed by atoms with van der Waals surface area (Å²) in [5, 5.41) is 1.17. The van der Waals surface area contributed by atoms with Crippen LogP contribution in [0.5, 0.6) is 0 Å². The lowest BCUT2D eigenvalue weighted by Gasteiger charge is -2.26. The third-order valence-corrected chi connectivity index (χ3v) is 4.88. The van der Waals surface area contributed by atoms with Gasteiger partial charge in [-0.25, -0.2) is 0 Å². The van der Waals surface area contributed by atoms with Crippen LogP contribution in [0.4, 0.5) is 0 Å². The van der Waals surface area contributed by atoms with Gasteiger partial charge in [0.15, 0.2) is 0 Å². The average molecular weight is 333 g/mol. The first-order valence-electron chi connectivity index (χ1n) is 8.46. The molecular formula is C17H33BrO. The molecule has 0 saturated heterocycles. The molecule has 1 fully saturated rings. The van der Waals surface area contributed by atoms with Crippen LogP contribution in [0.3, 0.4) is 0 Å². The summed E-state index contributed by atoms with van der Waals surface area (Å²) in [6.07, 6.45) is 15.2. The Hall–Kier alpha value is 0.440. The minimum absolute atomic E-state index is 0.855. The van der Waals surface area contributed by atoms with Gasteiger partial charge < -0.3 is 4.74 Å². The fourth-order valence-electron chi connectivity index (χ4n) is 3.14. The van der Waals surface area contributed by atoms with Crippen LogP contribution in [0.15, 0.2) is 0 Å². The summed E-state index contributed by atoms with van der Waals surface area (Å²) in [5.41, 5.74) is 0. The molecule has 0 amide bonds. The molecule has 1 aliphatic rings. The van der Waals surface area contributed by atoms with Crippen molar-refractivity contribution >= 4 is 15.9 Å². The molecule has 1 nitrogen and oxygen atoms in total. The molecule has 0 aromatic carbocycles. The van der Waals surface area contributed by atoms with Crippen molar-refractivity contribution in [2.75, 3.05) is 18.5 Å². The molecular weight excluding hydrogens is 300 g/mol. The molecule has 0 radical (unpaired) electrons. The Balaban J connectivity index is 1.78. The molecule has 0 N–H and O–H groups in total. The lowest BCUT2D eigenvalue weighted by atomic mass is 9.83. The van der Waals surface area contributed by atoms with Gasteiger partial charge in [-0.15, -0.1) is 0 Å². The van der Waals surface area contributed by atoms with E-state index >= 15 is 0 Å². The molecule has 1 aliphatic carbocycles. The number of rotatable bonds is 11. The largest absolute Gasteiger partial charge is 0.381 e. The van der Waals surface area contributed by atoms with Gasteiger partial charge in [0.05, 0.1) is 0 Å². The van der Waals surface area contributed by atoms with E-state index in [2.05, 4.69) is 22.9 Å². The smallest absolute Gasteiger partial charge is 0.0494 e. The second-order valence-corrected chi connectivity index (χ2v) is 7.17. The zero-order valence-corrected chi connectivity index (χ0v) is 14.4. The van der Waals surface area contributed by atoms with Gasteiger partial charge in [-0.2, -0.15) is 0 Å². The van der Waals surface area contributed by atoms with Crippen LogP contribution in [0.1, 0.15) is 77.6 Å². The highest BCUT2D eigenvalue weighted by Crippen LogP contribution is 2.28. The van der Waals surface area contributed by atoms with Crippen LogP contribution in [0.2, 0.25) is 0 Å². The summed E-state index contributed by atoms with van der Waals surface area (Å²) < 4.78 is 5.86. The summed E-state index contributed by atoms with van der Waals surface area (Å²) in [6, 6.07) is 0. The Bertz CT molecular complexity index is 196. The Kier molecular flexibility index (Phi) is 11.2. The van der Waals surface area contributed by atoms with Gasteiger partial charge in [0.1, 0.15) is 0 Å². The van der Waals surface area contributed by atoms with Gasteiger partial charge in [0.25, 0.3) is 0 Å². The van der Waals surface area contributed by atoms with Gasteiger partial charge in [-0.3, -0.25) is 0 Å². The third kappa shape index (κ3) is 9.90. The standard InChI is InChI=1S/C17H33BrO/c1-16-10-9-11-17(14-16)15-19-13-8-6-4-2-3-5-7-12-18/h16-17H,2-15H2,1H3. The first kappa shape index (κ1) is 17.5. The summed E-state index contributed by atoms with van der Waals surface area (Å²) in [7, 11) is 0. The maximum Gasteiger partial charge on any atom is 0.0494 e. The molecule has 19 heavy (non-hydrogen) atoms. The fraction of sp³-hybridized carbons (Fsp3) is 1.00. The van der Waals surface area contributed by atoms with E-state index in [4.69, 9.17) is 4.74 Å². The van der Waals surface area contributed by atoms with E-state index in [1.165, 1.54) is 76.0 Å². The maximum atomic E-state index is 5.86. The first-order chi connectivity index (χ1) is 9.33. The van der Waals surface area contributed by atoms with Gasteiger partial charge in [-0.05, 0) is 37.5 Å². The molecule has 0 spiro atoms. The molecule has 2 heteroatoms. The van der Waals surface area contributed by atoms with Crippen molar-refractivity contribution in [3.63, 3.8) is 0 Å². The number of unbranched alkanes of at least 4 members (excludes halogenated alkanes) is 6. The van der Waals surface area contributed by atoms with E-state index in [0.717, 1.165) is 25.0 Å². The molecule has 0 bridgehead atoms. The van der Waals surface area contributed by atoms with Crippen LogP contribution in [0.25, 0.3) is 0 Å². The lowest BCUT2D eigenvalue weighted by Crippen LogP contribution is -2.18. The minimum atomic E-state index is 0.855. The summed E-state index contributed by atoms with van der Waals surface area (Å²) in [5.74, 6) is 1.79. The number of alkyl halides is 1. The topological polar surface area (TPSA) is 9.23 Å². The van der Waals surface area contributed by atoms with E-state index in [1.54, 1.807) is 0 Å². The van der Waals surface area contributed by atoms with Crippen LogP contribution in [-0.4, -0.2) is 18.5 Å². The van der Waals surface area contributed by atoms with Crippen molar-refractivity contribution in [1.29, 1.82) is 0 Å². The maximum absolute atomic E-state index is 5.86. The highest BCUT2D eigenvalue weighted by atomic mass is 79.9. The van der Waals surface area contributed by atoms with Gasteiger partial charge in [-0.1, -0.05) is 67.8 Å². The zero-order chi connectivity index (χ0) is 13.8. The Morgan fingerprint density at radius 2 is 1.63 bits per heavy atom. The number of hydrogen-bond acceptors (Lipinski definition) is 1. The molecule has 114 valence electrons. The molecule has 1 rings (SSSR count). The predicted molar refractivity (Wildman–Crippen MR) is 88.1 cm³/mol. The van der Waals surface area contributed by atoms with Crippen LogP contribution in [-0.2, 0) is 4.74 Å². The lowest BCUT2D eigenvalue weighted by molar-refractivity contribution is 0.0738. The highest BCUT2D eigenvalue weighted by Gasteiger charge is 2.18. The molecule has 2 unspecified atom stereocenters. The fourth-order valence-corrected chi connectivity index (χ4v) is 3.54. The van der Waals surface area contributed by atoms with Gasteiger partial charge in [0, 0.05) is 18.5 Å². The van der Waals surface area contributed by atoms with Crippen LogP contribution >= 0.6 is 15.9 Å². The van der Waals surface area contributed by atoms with Crippen molar-refractivity contribution in [3.8, 4) is 0 Å². The van der Waals surface area contributed by atoms with Crippen LogP contribution < -0.4 is 0 Å². The summed E-state index contributed by atoms with van der Waals surface area (Å²) in [6.45, 7) is 4.41. The first-order valence-corrected chi connectivity index (χ1v) is 9.58. The van der Waals surface area contributed by atoms with Gasteiger partial charge in [0.2, 0.25) is 0 Å². The number of halogens is 1. The zero-order valence-electron chi connectivity index (χ0n) is 12.8. The number of hydrogen-bond donors (Lipinski definition) is 0. The number of ether oxygens (including phenoxy) is 1. The van der Waals surface area contributed by atoms with E-state index in [1.807, 2.05) is 0 Å². The Morgan fingerprint density at radius 1 is 0.947 bits per heavy atom. The highest BCUT2D eigenvalue weighted by molar-refractivity contribution is 9.09. The van der Waals surface area contributed by atoms with Crippen LogP contribution in [0, 0.1) is 11.8 Å². The SMILES string of the molecule is CC1CCCC(COCCCCCCCCCBr)C1. The van der Waals surface area contributed by atoms with Crippen molar-refractivity contribution in [3.05, 3.63) is 0 Å². The Labute approximate surface area is 129 Å². The molecule has 0 heterocycles. The second kappa shape index (κ2) is 12.2. The second-order valence-electron chi connectivity index (χ2n) is 6.38. The monoisotopic (exact) mass is 332 g/mol. The third-order valence-electron chi connectivity index (χ3n) is 4.32. The van der Waals surface area contributed by atoms with Crippen molar-refractivity contribution in [2.45, 2.75) is 77.6 Å². The van der Waals surface area contributed by atoms with E-state index < -0.39 is 0 Å². The van der Waals surface area contributed by atoms with Crippen molar-refractivity contribution < 1.29 is 4.74 Å². The van der Waals surface area contributed by atoms with Crippen molar-refractivity contribution in [2.24, 2.45) is 11.8 Å². The Morgan fingerprint density at radius 3 is 2.32 bits per heavy atom. The van der Waals surface area contributed by atoms with E-state index in [-0.39, 0.29) is 0 Å². The van der Waals surface area contributed by atoms with E-state index in [9.17, 15) is 0 Å². The summed E-state index contributed by atoms with van der Waals surface area (Å²) in [4.78, 5) is 0.